The molecule has 5 nitrogen and oxygen atoms in total. The van der Waals surface area contributed by atoms with E-state index in [1.165, 1.54) is 6.07 Å². The van der Waals surface area contributed by atoms with Gasteiger partial charge < -0.3 is 10.4 Å². The van der Waals surface area contributed by atoms with Crippen molar-refractivity contribution < 1.29 is 19.3 Å². The van der Waals surface area contributed by atoms with E-state index in [0.717, 1.165) is 0 Å². The molecule has 1 N–H and O–H groups in total. The second kappa shape index (κ2) is 6.29. The predicted octanol–water partition coefficient (Wildman–Crippen LogP) is 2.41. The highest BCUT2D eigenvalue weighted by atomic mass is 16.3. The van der Waals surface area contributed by atoms with Gasteiger partial charge in [0.2, 0.25) is 5.78 Å². The van der Waals surface area contributed by atoms with Gasteiger partial charge in [-0.25, -0.2) is 0 Å². The third-order valence-corrected chi connectivity index (χ3v) is 4.22. The maximum absolute atomic E-state index is 13.1. The van der Waals surface area contributed by atoms with Gasteiger partial charge in [-0.3, -0.25) is 9.59 Å². The number of Topliss-reactive ketones (excluding diaryl/α,β-unsaturated/α-hetero) is 2. The number of anilines is 1. The number of fused-ring (bicyclic) bond motifs is 1. The van der Waals surface area contributed by atoms with E-state index < -0.39 is 0 Å². The van der Waals surface area contributed by atoms with E-state index in [4.69, 9.17) is 0 Å². The number of aromatic nitrogens is 1. The van der Waals surface area contributed by atoms with Gasteiger partial charge >= 0.3 is 0 Å². The number of nitrogens with zero attached hydrogens (tertiary/aromatic N) is 1. The first kappa shape index (κ1) is 15.8. The smallest absolute Gasteiger partial charge is 0.286 e. The Labute approximate surface area is 149 Å². The average Bonchev–Trinajstić information content (AvgIpc) is 2.68. The Hall–Kier alpha value is -3.73. The molecule has 0 radical (unpaired) electrons. The van der Waals surface area contributed by atoms with Crippen LogP contribution in [0.5, 0.6) is 5.75 Å². The predicted molar refractivity (Wildman–Crippen MR) is 94.5 cm³/mol. The number of nitrogens with one attached hydrogen (secondary N) is 1. The lowest BCUT2D eigenvalue weighted by Crippen LogP contribution is -2.41. The second-order valence-corrected chi connectivity index (χ2v) is 5.83. The van der Waals surface area contributed by atoms with Crippen LogP contribution in [0.1, 0.15) is 20.7 Å². The van der Waals surface area contributed by atoms with E-state index in [-0.39, 0.29) is 34.4 Å². The Bertz CT molecular complexity index is 1060. The third kappa shape index (κ3) is 2.56. The van der Waals surface area contributed by atoms with Gasteiger partial charge in [0, 0.05) is 28.9 Å². The van der Waals surface area contributed by atoms with Gasteiger partial charge in [-0.15, -0.1) is 0 Å². The summed E-state index contributed by atoms with van der Waals surface area (Å²) in [6.45, 7) is 0. The van der Waals surface area contributed by atoms with Crippen LogP contribution in [0.4, 0.5) is 5.69 Å². The van der Waals surface area contributed by atoms with Gasteiger partial charge in [0.25, 0.3) is 11.5 Å². The number of carbonyl (C=O) groups is 2. The number of ketones is 2. The minimum absolute atomic E-state index is 0.0909. The van der Waals surface area contributed by atoms with Gasteiger partial charge in [0.05, 0.1) is 0 Å². The highest BCUT2D eigenvalue weighted by Crippen LogP contribution is 2.29. The van der Waals surface area contributed by atoms with E-state index in [1.54, 1.807) is 71.6 Å². The summed E-state index contributed by atoms with van der Waals surface area (Å²) in [5.41, 5.74) is 1.20. The van der Waals surface area contributed by atoms with Gasteiger partial charge in [-0.05, 0) is 6.07 Å². The van der Waals surface area contributed by atoms with Gasteiger partial charge in [0.1, 0.15) is 0 Å². The van der Waals surface area contributed by atoms with Crippen molar-refractivity contribution in [1.82, 2.24) is 0 Å². The molecule has 0 bridgehead atoms. The lowest BCUT2D eigenvalue weighted by Gasteiger charge is -2.21. The summed E-state index contributed by atoms with van der Waals surface area (Å²) >= 11 is 0. The fraction of sp³-hybridized carbons (Fsp3) is 0. The molecule has 1 aromatic heterocycles. The summed E-state index contributed by atoms with van der Waals surface area (Å²) in [4.78, 5) is 26.2. The summed E-state index contributed by atoms with van der Waals surface area (Å²) in [7, 11) is 0. The van der Waals surface area contributed by atoms with Crippen LogP contribution in [-0.2, 0) is 0 Å². The van der Waals surface area contributed by atoms with Crippen LogP contribution in [0.3, 0.4) is 0 Å². The molecule has 0 fully saturated rings. The maximum Gasteiger partial charge on any atom is 0.286 e. The van der Waals surface area contributed by atoms with E-state index in [1.807, 2.05) is 6.07 Å². The second-order valence-electron chi connectivity index (χ2n) is 5.83. The fourth-order valence-electron chi connectivity index (χ4n) is 2.98. The maximum atomic E-state index is 13.1. The van der Waals surface area contributed by atoms with Crippen molar-refractivity contribution in [2.45, 2.75) is 0 Å². The van der Waals surface area contributed by atoms with E-state index in [9.17, 15) is 14.7 Å². The van der Waals surface area contributed by atoms with Crippen LogP contribution >= 0.6 is 0 Å². The van der Waals surface area contributed by atoms with Crippen molar-refractivity contribution in [3.8, 4) is 5.75 Å². The molecule has 126 valence electrons. The number of rotatable bonds is 3. The number of para-hydroxylation sites is 2. The van der Waals surface area contributed by atoms with Crippen LogP contribution < -0.4 is 15.0 Å². The molecule has 3 aromatic rings. The molecular weight excluding hydrogens is 328 g/mol. The third-order valence-electron chi connectivity index (χ3n) is 4.22. The molecule has 0 saturated heterocycles. The first-order chi connectivity index (χ1) is 12.7. The Morgan fingerprint density at radius 2 is 1.35 bits per heavy atom. The number of allylic oxidation sites excluding steroid dienone is 2. The summed E-state index contributed by atoms with van der Waals surface area (Å²) in [5, 5.41) is 15.0. The SMILES string of the molecule is O=C1C(Nc2ccccc2[O-])=C([n+]2ccccc2)C(=O)c2ccccc21. The van der Waals surface area contributed by atoms with Gasteiger partial charge in [-0.1, -0.05) is 54.3 Å². The van der Waals surface area contributed by atoms with Crippen LogP contribution in [0.15, 0.2) is 84.8 Å². The first-order valence-corrected chi connectivity index (χ1v) is 8.09. The zero-order chi connectivity index (χ0) is 18.1. The summed E-state index contributed by atoms with van der Waals surface area (Å²) < 4.78 is 1.59. The largest absolute Gasteiger partial charge is 0.871 e. The monoisotopic (exact) mass is 342 g/mol. The van der Waals surface area contributed by atoms with E-state index in [2.05, 4.69) is 5.32 Å². The molecule has 1 heterocycles. The number of carbonyl (C=O) groups excluding carboxylic acids is 2. The van der Waals surface area contributed by atoms with Crippen LogP contribution in [-0.4, -0.2) is 11.6 Å². The quantitative estimate of drug-likeness (QED) is 0.742. The average molecular weight is 342 g/mol. The number of hydrogen-bond donors (Lipinski definition) is 1. The Balaban J connectivity index is 1.94. The van der Waals surface area contributed by atoms with Crippen molar-refractivity contribution in [3.63, 3.8) is 0 Å². The van der Waals surface area contributed by atoms with Crippen LogP contribution in [0.2, 0.25) is 0 Å². The normalized spacial score (nSPS) is 13.5. The highest BCUT2D eigenvalue weighted by Gasteiger charge is 2.38. The number of pyridine rings is 1. The van der Waals surface area contributed by atoms with Gasteiger partial charge in [-0.2, -0.15) is 4.57 Å². The molecule has 1 aliphatic rings. The van der Waals surface area contributed by atoms with E-state index in [0.29, 0.717) is 11.1 Å². The highest BCUT2D eigenvalue weighted by molar-refractivity contribution is 6.36. The van der Waals surface area contributed by atoms with Crippen LogP contribution in [0.25, 0.3) is 5.70 Å². The van der Waals surface area contributed by atoms with Crippen molar-refractivity contribution in [2.24, 2.45) is 0 Å². The standard InChI is InChI=1S/C21H14N2O3/c24-17-11-5-4-10-16(17)22-18-19(23-12-6-1-7-13-23)21(26)15-9-3-2-8-14(15)20(18)25/h1-13H,(H-,22,24,25,26). The van der Waals surface area contributed by atoms with Gasteiger partial charge in [0.15, 0.2) is 18.1 Å². The molecule has 0 amide bonds. The van der Waals surface area contributed by atoms with Crippen molar-refractivity contribution in [3.05, 3.63) is 95.9 Å². The Morgan fingerprint density at radius 3 is 2.04 bits per heavy atom. The molecule has 0 unspecified atom stereocenters. The fourth-order valence-corrected chi connectivity index (χ4v) is 2.98. The lowest BCUT2D eigenvalue weighted by molar-refractivity contribution is -0.577. The molecule has 5 heteroatoms. The topological polar surface area (TPSA) is 73.1 Å². The van der Waals surface area contributed by atoms with Crippen LogP contribution in [0, 0.1) is 0 Å². The number of hydrogen-bond acceptors (Lipinski definition) is 4. The molecular formula is C21H14N2O3. The summed E-state index contributed by atoms with van der Waals surface area (Å²) in [6.07, 6.45) is 3.39. The molecule has 0 saturated carbocycles. The molecule has 0 spiro atoms. The van der Waals surface area contributed by atoms with Crippen molar-refractivity contribution in [2.75, 3.05) is 5.32 Å². The minimum Gasteiger partial charge on any atom is -0.871 e. The van der Waals surface area contributed by atoms with Crippen molar-refractivity contribution in [1.29, 1.82) is 0 Å². The molecule has 26 heavy (non-hydrogen) atoms. The van der Waals surface area contributed by atoms with Crippen molar-refractivity contribution >= 4 is 23.0 Å². The molecule has 0 aliphatic heterocycles. The molecule has 0 atom stereocenters. The molecule has 4 rings (SSSR count). The minimum atomic E-state index is -0.324. The molecule has 2 aromatic carbocycles. The number of benzene rings is 2. The lowest BCUT2D eigenvalue weighted by atomic mass is 9.90. The Kier molecular flexibility index (Phi) is 3.82. The summed E-state index contributed by atoms with van der Waals surface area (Å²) in [5.74, 6) is -0.853. The summed E-state index contributed by atoms with van der Waals surface area (Å²) in [6, 6.07) is 18.4. The molecule has 1 aliphatic carbocycles. The first-order valence-electron chi connectivity index (χ1n) is 8.09. The zero-order valence-electron chi connectivity index (χ0n) is 13.7. The van der Waals surface area contributed by atoms with E-state index >= 15 is 0 Å². The zero-order valence-corrected chi connectivity index (χ0v) is 13.7. The Morgan fingerprint density at radius 1 is 0.731 bits per heavy atom.